The average Bonchev–Trinajstić information content (AvgIpc) is 2.77. The molecule has 3 rings (SSSR count). The maximum absolute atomic E-state index is 12.4. The summed E-state index contributed by atoms with van der Waals surface area (Å²) in [6.45, 7) is 4.10. The van der Waals surface area contributed by atoms with E-state index < -0.39 is 0 Å². The molecule has 3 nitrogen and oxygen atoms in total. The molecule has 106 valence electrons. The largest absolute Gasteiger partial charge is 0.350 e. The highest BCUT2D eigenvalue weighted by molar-refractivity contribution is 6.01. The molecule has 1 aromatic carbocycles. The number of carbonyl (C=O) groups excluding carboxylic acids is 1. The molecule has 2 aromatic rings. The van der Waals surface area contributed by atoms with E-state index in [1.165, 1.54) is 24.8 Å². The third-order valence-corrected chi connectivity index (χ3v) is 4.38. The molecule has 0 radical (unpaired) electrons. The van der Waals surface area contributed by atoms with E-state index in [0.717, 1.165) is 35.0 Å². The zero-order chi connectivity index (χ0) is 14.1. The minimum absolute atomic E-state index is 0.0447. The number of hydrogen-bond acceptors (Lipinski definition) is 1. The van der Waals surface area contributed by atoms with Crippen LogP contribution in [-0.2, 0) is 0 Å². The van der Waals surface area contributed by atoms with Gasteiger partial charge in [0.2, 0.25) is 0 Å². The summed E-state index contributed by atoms with van der Waals surface area (Å²) in [5.74, 6) is 0.0447. The van der Waals surface area contributed by atoms with Crippen molar-refractivity contribution in [2.45, 2.75) is 52.0 Å². The van der Waals surface area contributed by atoms with Gasteiger partial charge in [0.25, 0.3) is 5.91 Å². The van der Waals surface area contributed by atoms with E-state index >= 15 is 0 Å². The molecule has 0 unspecified atom stereocenters. The highest BCUT2D eigenvalue weighted by Gasteiger charge is 2.19. The number of aryl methyl sites for hydroxylation is 2. The lowest BCUT2D eigenvalue weighted by Gasteiger charge is -2.22. The Bertz CT molecular complexity index is 636. The van der Waals surface area contributed by atoms with Gasteiger partial charge in [-0.15, -0.1) is 0 Å². The van der Waals surface area contributed by atoms with E-state index in [9.17, 15) is 4.79 Å². The van der Waals surface area contributed by atoms with Crippen molar-refractivity contribution in [3.63, 3.8) is 0 Å². The molecular formula is C17H22N2O. The number of nitrogens with one attached hydrogen (secondary N) is 2. The number of aromatic nitrogens is 1. The van der Waals surface area contributed by atoms with Gasteiger partial charge in [-0.25, -0.2) is 0 Å². The summed E-state index contributed by atoms with van der Waals surface area (Å²) in [6.07, 6.45) is 6.00. The third kappa shape index (κ3) is 2.45. The number of hydrogen-bond donors (Lipinski definition) is 2. The lowest BCUT2D eigenvalue weighted by molar-refractivity contribution is 0.0923. The maximum Gasteiger partial charge on any atom is 0.268 e. The van der Waals surface area contributed by atoms with Crippen LogP contribution in [0.4, 0.5) is 0 Å². The topological polar surface area (TPSA) is 44.9 Å². The smallest absolute Gasteiger partial charge is 0.268 e. The molecule has 1 aliphatic carbocycles. The summed E-state index contributed by atoms with van der Waals surface area (Å²) in [5.41, 5.74) is 4.04. The van der Waals surface area contributed by atoms with Crippen LogP contribution in [0.5, 0.6) is 0 Å². The monoisotopic (exact) mass is 270 g/mol. The Hall–Kier alpha value is -1.77. The highest BCUT2D eigenvalue weighted by atomic mass is 16.1. The van der Waals surface area contributed by atoms with E-state index in [1.807, 2.05) is 6.92 Å². The van der Waals surface area contributed by atoms with E-state index in [-0.39, 0.29) is 5.91 Å². The average molecular weight is 270 g/mol. The minimum atomic E-state index is 0.0447. The summed E-state index contributed by atoms with van der Waals surface area (Å²) in [6, 6.07) is 6.61. The predicted octanol–water partition coefficient (Wildman–Crippen LogP) is 3.85. The molecule has 0 spiro atoms. The number of carbonyl (C=O) groups is 1. The quantitative estimate of drug-likeness (QED) is 0.855. The van der Waals surface area contributed by atoms with E-state index in [4.69, 9.17) is 0 Å². The fourth-order valence-electron chi connectivity index (χ4n) is 3.17. The van der Waals surface area contributed by atoms with Crippen molar-refractivity contribution < 1.29 is 4.79 Å². The number of aromatic amines is 1. The zero-order valence-corrected chi connectivity index (χ0v) is 12.3. The van der Waals surface area contributed by atoms with E-state index in [1.54, 1.807) is 0 Å². The summed E-state index contributed by atoms with van der Waals surface area (Å²) in [4.78, 5) is 15.7. The number of amides is 1. The molecule has 0 atom stereocenters. The van der Waals surface area contributed by atoms with Crippen molar-refractivity contribution >= 4 is 16.8 Å². The predicted molar refractivity (Wildman–Crippen MR) is 82.1 cm³/mol. The van der Waals surface area contributed by atoms with Crippen LogP contribution in [-0.4, -0.2) is 16.9 Å². The molecule has 1 fully saturated rings. The van der Waals surface area contributed by atoms with Crippen LogP contribution in [0.15, 0.2) is 18.2 Å². The van der Waals surface area contributed by atoms with Crippen molar-refractivity contribution in [2.75, 3.05) is 0 Å². The Kier molecular flexibility index (Phi) is 3.51. The van der Waals surface area contributed by atoms with Gasteiger partial charge in [0, 0.05) is 16.9 Å². The highest BCUT2D eigenvalue weighted by Crippen LogP contribution is 2.24. The standard InChI is InChI=1S/C17H22N2O/c1-11-8-9-15-14(10-11)12(2)16(19-15)17(20)18-13-6-4-3-5-7-13/h8-10,13,19H,3-7H2,1-2H3,(H,18,20). The first-order valence-corrected chi connectivity index (χ1v) is 7.55. The summed E-state index contributed by atoms with van der Waals surface area (Å²) >= 11 is 0. The van der Waals surface area contributed by atoms with Gasteiger partial charge >= 0.3 is 0 Å². The first-order chi connectivity index (χ1) is 9.65. The normalized spacial score (nSPS) is 16.5. The van der Waals surface area contributed by atoms with Crippen molar-refractivity contribution in [1.82, 2.24) is 10.3 Å². The van der Waals surface area contributed by atoms with Crippen molar-refractivity contribution in [3.8, 4) is 0 Å². The lowest BCUT2D eigenvalue weighted by atomic mass is 9.95. The second-order valence-corrected chi connectivity index (χ2v) is 5.98. The minimum Gasteiger partial charge on any atom is -0.350 e. The molecule has 1 saturated carbocycles. The van der Waals surface area contributed by atoms with Gasteiger partial charge in [-0.05, 0) is 44.4 Å². The van der Waals surface area contributed by atoms with Crippen molar-refractivity contribution in [1.29, 1.82) is 0 Å². The molecule has 20 heavy (non-hydrogen) atoms. The third-order valence-electron chi connectivity index (χ3n) is 4.38. The number of rotatable bonds is 2. The van der Waals surface area contributed by atoms with Crippen LogP contribution < -0.4 is 5.32 Å². The van der Waals surface area contributed by atoms with Crippen LogP contribution in [0.2, 0.25) is 0 Å². The first kappa shape index (κ1) is 13.2. The summed E-state index contributed by atoms with van der Waals surface area (Å²) in [5, 5.41) is 4.33. The maximum atomic E-state index is 12.4. The van der Waals surface area contributed by atoms with E-state index in [0.29, 0.717) is 6.04 Å². The fraction of sp³-hybridized carbons (Fsp3) is 0.471. The Labute approximate surface area is 119 Å². The molecule has 1 heterocycles. The van der Waals surface area contributed by atoms with Gasteiger partial charge < -0.3 is 10.3 Å². The van der Waals surface area contributed by atoms with Gasteiger partial charge in [0.05, 0.1) is 0 Å². The van der Waals surface area contributed by atoms with Crippen LogP contribution in [0.1, 0.15) is 53.7 Å². The van der Waals surface area contributed by atoms with Gasteiger partial charge in [0.15, 0.2) is 0 Å². The molecule has 1 aliphatic rings. The molecule has 0 bridgehead atoms. The van der Waals surface area contributed by atoms with Gasteiger partial charge in [-0.2, -0.15) is 0 Å². The van der Waals surface area contributed by atoms with Crippen LogP contribution in [0.25, 0.3) is 10.9 Å². The Morgan fingerprint density at radius 3 is 2.70 bits per heavy atom. The van der Waals surface area contributed by atoms with Gasteiger partial charge in [-0.3, -0.25) is 4.79 Å². The number of benzene rings is 1. The Morgan fingerprint density at radius 1 is 1.20 bits per heavy atom. The SMILES string of the molecule is Cc1ccc2[nH]c(C(=O)NC3CCCCC3)c(C)c2c1. The van der Waals surface area contributed by atoms with Gasteiger partial charge in [-0.1, -0.05) is 30.9 Å². The lowest BCUT2D eigenvalue weighted by Crippen LogP contribution is -2.36. The number of H-pyrrole nitrogens is 1. The zero-order valence-electron chi connectivity index (χ0n) is 12.3. The summed E-state index contributed by atoms with van der Waals surface area (Å²) < 4.78 is 0. The van der Waals surface area contributed by atoms with Crippen LogP contribution in [0, 0.1) is 13.8 Å². The first-order valence-electron chi connectivity index (χ1n) is 7.55. The molecule has 0 aliphatic heterocycles. The molecular weight excluding hydrogens is 248 g/mol. The molecule has 1 amide bonds. The Morgan fingerprint density at radius 2 is 1.95 bits per heavy atom. The van der Waals surface area contributed by atoms with Gasteiger partial charge in [0.1, 0.15) is 5.69 Å². The van der Waals surface area contributed by atoms with E-state index in [2.05, 4.69) is 35.4 Å². The van der Waals surface area contributed by atoms with Crippen molar-refractivity contribution in [3.05, 3.63) is 35.0 Å². The molecule has 1 aromatic heterocycles. The molecule has 2 N–H and O–H groups in total. The second kappa shape index (κ2) is 5.31. The van der Waals surface area contributed by atoms with Crippen LogP contribution >= 0.6 is 0 Å². The number of fused-ring (bicyclic) bond motifs is 1. The molecule has 3 heteroatoms. The Balaban J connectivity index is 1.85. The van der Waals surface area contributed by atoms with Crippen molar-refractivity contribution in [2.24, 2.45) is 0 Å². The summed E-state index contributed by atoms with van der Waals surface area (Å²) in [7, 11) is 0. The second-order valence-electron chi connectivity index (χ2n) is 5.98. The fourth-order valence-corrected chi connectivity index (χ4v) is 3.17. The van der Waals surface area contributed by atoms with Crippen LogP contribution in [0.3, 0.4) is 0 Å². The molecule has 0 saturated heterocycles.